The Morgan fingerprint density at radius 2 is 1.64 bits per heavy atom. The SMILES string of the molecule is CCC(C)C(CCN)C(C)C(CC)C(C)C1CC(C)C1CC. The van der Waals surface area contributed by atoms with Crippen LogP contribution < -0.4 is 5.73 Å². The second-order valence-corrected chi connectivity index (χ2v) is 8.37. The maximum absolute atomic E-state index is 5.94. The highest BCUT2D eigenvalue weighted by molar-refractivity contribution is 4.92. The van der Waals surface area contributed by atoms with Gasteiger partial charge in [0.1, 0.15) is 0 Å². The van der Waals surface area contributed by atoms with Gasteiger partial charge < -0.3 is 5.73 Å². The van der Waals surface area contributed by atoms with Gasteiger partial charge in [0.15, 0.2) is 0 Å². The molecule has 1 nitrogen and oxygen atoms in total. The molecule has 8 unspecified atom stereocenters. The van der Waals surface area contributed by atoms with E-state index in [0.29, 0.717) is 0 Å². The van der Waals surface area contributed by atoms with E-state index in [1.165, 1.54) is 32.1 Å². The van der Waals surface area contributed by atoms with Crippen molar-refractivity contribution in [3.8, 4) is 0 Å². The van der Waals surface area contributed by atoms with Crippen LogP contribution in [0, 0.1) is 47.3 Å². The zero-order valence-corrected chi connectivity index (χ0v) is 16.4. The van der Waals surface area contributed by atoms with Gasteiger partial charge in [-0.2, -0.15) is 0 Å². The summed E-state index contributed by atoms with van der Waals surface area (Å²) in [4.78, 5) is 0. The molecule has 0 radical (unpaired) electrons. The fourth-order valence-electron chi connectivity index (χ4n) is 5.73. The third kappa shape index (κ3) is 4.28. The molecule has 0 heterocycles. The smallest absolute Gasteiger partial charge is 0.00744 e. The first kappa shape index (κ1) is 20.0. The standard InChI is InChI=1S/C21H43N/c1-8-14(4)20(11-12-22)16(6)19(10-3)17(7)21-13-15(5)18(21)9-2/h14-21H,8-13,22H2,1-7H3. The molecule has 0 aliphatic heterocycles. The van der Waals surface area contributed by atoms with Crippen molar-refractivity contribution in [2.75, 3.05) is 6.54 Å². The van der Waals surface area contributed by atoms with Crippen LogP contribution in [0.25, 0.3) is 0 Å². The fourth-order valence-corrected chi connectivity index (χ4v) is 5.73. The summed E-state index contributed by atoms with van der Waals surface area (Å²) in [5.41, 5.74) is 5.94. The Morgan fingerprint density at radius 1 is 1.00 bits per heavy atom. The van der Waals surface area contributed by atoms with Crippen LogP contribution in [-0.2, 0) is 0 Å². The molecule has 132 valence electrons. The summed E-state index contributed by atoms with van der Waals surface area (Å²) in [6, 6.07) is 0. The van der Waals surface area contributed by atoms with Crippen LogP contribution >= 0.6 is 0 Å². The second kappa shape index (κ2) is 9.30. The van der Waals surface area contributed by atoms with Crippen molar-refractivity contribution in [3.05, 3.63) is 0 Å². The second-order valence-electron chi connectivity index (χ2n) is 8.37. The minimum Gasteiger partial charge on any atom is -0.330 e. The first-order valence-electron chi connectivity index (χ1n) is 10.1. The fraction of sp³-hybridized carbons (Fsp3) is 1.00. The van der Waals surface area contributed by atoms with E-state index in [1.54, 1.807) is 0 Å². The van der Waals surface area contributed by atoms with Crippen LogP contribution in [-0.4, -0.2) is 6.54 Å². The zero-order valence-electron chi connectivity index (χ0n) is 16.4. The molecule has 0 aromatic carbocycles. The monoisotopic (exact) mass is 309 g/mol. The lowest BCUT2D eigenvalue weighted by Gasteiger charge is -2.50. The largest absolute Gasteiger partial charge is 0.330 e. The number of nitrogens with two attached hydrogens (primary N) is 1. The van der Waals surface area contributed by atoms with Crippen molar-refractivity contribution in [2.24, 2.45) is 53.1 Å². The minimum atomic E-state index is 0.806. The van der Waals surface area contributed by atoms with Crippen LogP contribution in [0.15, 0.2) is 0 Å². The van der Waals surface area contributed by atoms with E-state index in [-0.39, 0.29) is 0 Å². The van der Waals surface area contributed by atoms with Gasteiger partial charge >= 0.3 is 0 Å². The van der Waals surface area contributed by atoms with Gasteiger partial charge in [0, 0.05) is 0 Å². The highest BCUT2D eigenvalue weighted by atomic mass is 14.5. The summed E-state index contributed by atoms with van der Waals surface area (Å²) in [6.07, 6.45) is 6.67. The molecule has 1 aliphatic carbocycles. The van der Waals surface area contributed by atoms with E-state index in [1.807, 2.05) is 0 Å². The number of hydrogen-bond donors (Lipinski definition) is 1. The molecule has 0 aromatic rings. The van der Waals surface area contributed by atoms with Crippen LogP contribution in [0.4, 0.5) is 0 Å². The van der Waals surface area contributed by atoms with Gasteiger partial charge in [-0.05, 0) is 66.7 Å². The molecule has 1 saturated carbocycles. The molecular formula is C21H43N. The Morgan fingerprint density at radius 3 is 2.05 bits per heavy atom. The van der Waals surface area contributed by atoms with E-state index in [0.717, 1.165) is 53.9 Å². The molecule has 0 spiro atoms. The summed E-state index contributed by atoms with van der Waals surface area (Å²) >= 11 is 0. The molecule has 0 saturated heterocycles. The summed E-state index contributed by atoms with van der Waals surface area (Å²) in [5.74, 6) is 7.09. The summed E-state index contributed by atoms with van der Waals surface area (Å²) < 4.78 is 0. The van der Waals surface area contributed by atoms with E-state index in [9.17, 15) is 0 Å². The van der Waals surface area contributed by atoms with Gasteiger partial charge in [-0.1, -0.05) is 67.7 Å². The quantitative estimate of drug-likeness (QED) is 0.528. The van der Waals surface area contributed by atoms with E-state index in [2.05, 4.69) is 48.5 Å². The molecule has 8 atom stereocenters. The molecule has 22 heavy (non-hydrogen) atoms. The molecule has 0 amide bonds. The Hall–Kier alpha value is -0.0400. The first-order chi connectivity index (χ1) is 10.4. The van der Waals surface area contributed by atoms with Crippen molar-refractivity contribution < 1.29 is 0 Å². The van der Waals surface area contributed by atoms with Gasteiger partial charge in [-0.15, -0.1) is 0 Å². The Labute approximate surface area is 140 Å². The van der Waals surface area contributed by atoms with Crippen LogP contribution in [0.2, 0.25) is 0 Å². The summed E-state index contributed by atoms with van der Waals surface area (Å²) in [5, 5.41) is 0. The predicted molar refractivity (Wildman–Crippen MR) is 99.8 cm³/mol. The van der Waals surface area contributed by atoms with Gasteiger partial charge in [0.25, 0.3) is 0 Å². The summed E-state index contributed by atoms with van der Waals surface area (Å²) in [7, 11) is 0. The average Bonchev–Trinajstić information content (AvgIpc) is 2.50. The third-order valence-electron chi connectivity index (χ3n) is 7.44. The maximum atomic E-state index is 5.94. The third-order valence-corrected chi connectivity index (χ3v) is 7.44. The Kier molecular flexibility index (Phi) is 8.46. The molecule has 1 heteroatoms. The lowest BCUT2D eigenvalue weighted by atomic mass is 9.55. The van der Waals surface area contributed by atoms with Crippen molar-refractivity contribution in [2.45, 2.75) is 80.6 Å². The van der Waals surface area contributed by atoms with E-state index >= 15 is 0 Å². The topological polar surface area (TPSA) is 26.0 Å². The van der Waals surface area contributed by atoms with Crippen molar-refractivity contribution >= 4 is 0 Å². The molecule has 1 aliphatic rings. The Bertz CT molecular complexity index is 300. The van der Waals surface area contributed by atoms with Gasteiger partial charge in [0.2, 0.25) is 0 Å². The minimum absolute atomic E-state index is 0.806. The zero-order chi connectivity index (χ0) is 16.9. The van der Waals surface area contributed by atoms with Crippen LogP contribution in [0.3, 0.4) is 0 Å². The molecule has 1 rings (SSSR count). The van der Waals surface area contributed by atoms with Gasteiger partial charge in [0.05, 0.1) is 0 Å². The van der Waals surface area contributed by atoms with E-state index in [4.69, 9.17) is 5.73 Å². The molecule has 0 aromatic heterocycles. The predicted octanol–water partition coefficient (Wildman–Crippen LogP) is 5.98. The Balaban J connectivity index is 2.79. The highest BCUT2D eigenvalue weighted by Gasteiger charge is 2.43. The molecule has 2 N–H and O–H groups in total. The van der Waals surface area contributed by atoms with Crippen LogP contribution in [0.1, 0.15) is 80.6 Å². The van der Waals surface area contributed by atoms with Crippen molar-refractivity contribution in [1.82, 2.24) is 0 Å². The van der Waals surface area contributed by atoms with Crippen molar-refractivity contribution in [1.29, 1.82) is 0 Å². The highest BCUT2D eigenvalue weighted by Crippen LogP contribution is 2.51. The van der Waals surface area contributed by atoms with Crippen LogP contribution in [0.5, 0.6) is 0 Å². The number of rotatable bonds is 10. The normalized spacial score (nSPS) is 31.9. The maximum Gasteiger partial charge on any atom is -0.00744 e. The molecular weight excluding hydrogens is 266 g/mol. The average molecular weight is 310 g/mol. The summed E-state index contributed by atoms with van der Waals surface area (Å²) in [6.45, 7) is 18.0. The van der Waals surface area contributed by atoms with Crippen molar-refractivity contribution in [3.63, 3.8) is 0 Å². The van der Waals surface area contributed by atoms with E-state index < -0.39 is 0 Å². The molecule has 0 bridgehead atoms. The van der Waals surface area contributed by atoms with Gasteiger partial charge in [-0.3, -0.25) is 0 Å². The number of hydrogen-bond acceptors (Lipinski definition) is 1. The molecule has 1 fully saturated rings. The lowest BCUT2D eigenvalue weighted by molar-refractivity contribution is -0.0103. The first-order valence-corrected chi connectivity index (χ1v) is 10.1. The lowest BCUT2D eigenvalue weighted by Crippen LogP contribution is -2.43. The van der Waals surface area contributed by atoms with Gasteiger partial charge in [-0.25, -0.2) is 0 Å².